The summed E-state index contributed by atoms with van der Waals surface area (Å²) in [5, 5.41) is 3.50. The highest BCUT2D eigenvalue weighted by Crippen LogP contribution is 2.31. The SMILES string of the molecule is COc1ccc2c(c1)c(CCNC(C)=O)cn2O[C@@H]1O[C@H](COC(C)=O)[C@@H](OC(C)=O)[C@H](OC(C)=O)[C@H]1OC(C)=O. The zero-order chi connectivity index (χ0) is 30.3. The van der Waals surface area contributed by atoms with Gasteiger partial charge >= 0.3 is 23.9 Å². The summed E-state index contributed by atoms with van der Waals surface area (Å²) in [7, 11) is 1.53. The van der Waals surface area contributed by atoms with Crippen LogP contribution in [0.4, 0.5) is 0 Å². The van der Waals surface area contributed by atoms with Gasteiger partial charge in [0.1, 0.15) is 18.5 Å². The Hall–Kier alpha value is -4.33. The van der Waals surface area contributed by atoms with Gasteiger partial charge in [0.2, 0.25) is 12.0 Å². The van der Waals surface area contributed by atoms with Gasteiger partial charge in [-0.05, 0) is 30.2 Å². The van der Waals surface area contributed by atoms with E-state index in [-0.39, 0.29) is 12.5 Å². The van der Waals surface area contributed by atoms with Crippen LogP contribution < -0.4 is 14.9 Å². The molecule has 0 bridgehead atoms. The molecular weight excluding hydrogens is 544 g/mol. The normalized spacial score (nSPS) is 21.9. The summed E-state index contributed by atoms with van der Waals surface area (Å²) < 4.78 is 34.2. The molecule has 0 radical (unpaired) electrons. The molecule has 1 aliphatic heterocycles. The minimum absolute atomic E-state index is 0.180. The second-order valence-corrected chi connectivity index (χ2v) is 9.27. The predicted octanol–water partition coefficient (Wildman–Crippen LogP) is 0.840. The number of esters is 4. The van der Waals surface area contributed by atoms with Crippen molar-refractivity contribution >= 4 is 40.7 Å². The van der Waals surface area contributed by atoms with Crippen LogP contribution in [0.25, 0.3) is 10.9 Å². The van der Waals surface area contributed by atoms with E-state index in [0.717, 1.165) is 31.7 Å². The summed E-state index contributed by atoms with van der Waals surface area (Å²) in [6.45, 7) is 5.99. The van der Waals surface area contributed by atoms with Gasteiger partial charge in [-0.3, -0.25) is 24.0 Å². The van der Waals surface area contributed by atoms with Crippen LogP contribution in [-0.4, -0.2) is 85.5 Å². The maximum Gasteiger partial charge on any atom is 0.303 e. The molecule has 224 valence electrons. The fraction of sp³-hybridized carbons (Fsp3) is 0.519. The molecule has 0 spiro atoms. The van der Waals surface area contributed by atoms with E-state index in [9.17, 15) is 24.0 Å². The fourth-order valence-electron chi connectivity index (χ4n) is 4.42. The molecule has 1 N–H and O–H groups in total. The quantitative estimate of drug-likeness (QED) is 0.295. The van der Waals surface area contributed by atoms with E-state index < -0.39 is 54.6 Å². The van der Waals surface area contributed by atoms with Crippen molar-refractivity contribution in [2.24, 2.45) is 0 Å². The standard InChI is InChI=1S/C27H34N2O12/c1-14(30)28-10-9-19-12-29(22-8-7-20(35-6)11-21(19)22)41-27-26(39-18(5)34)25(38-17(4)33)24(37-16(3)32)23(40-27)13-36-15(2)31/h7-8,11-12,23-27H,9-10,13H2,1-6H3,(H,28,30)/t23-,24-,25+,26-,27+/m1/s1. The first-order chi connectivity index (χ1) is 19.4. The number of benzene rings is 1. The zero-order valence-corrected chi connectivity index (χ0v) is 23.7. The van der Waals surface area contributed by atoms with Crippen LogP contribution in [0.3, 0.4) is 0 Å². The predicted molar refractivity (Wildman–Crippen MR) is 139 cm³/mol. The Bertz CT molecular complexity index is 1290. The summed E-state index contributed by atoms with van der Waals surface area (Å²) >= 11 is 0. The largest absolute Gasteiger partial charge is 0.497 e. The van der Waals surface area contributed by atoms with Crippen molar-refractivity contribution in [1.29, 1.82) is 0 Å². The van der Waals surface area contributed by atoms with Crippen LogP contribution >= 0.6 is 0 Å². The molecule has 1 fully saturated rings. The van der Waals surface area contributed by atoms with E-state index in [1.165, 1.54) is 25.7 Å². The zero-order valence-electron chi connectivity index (χ0n) is 23.7. The highest BCUT2D eigenvalue weighted by atomic mass is 16.8. The van der Waals surface area contributed by atoms with Crippen molar-refractivity contribution in [3.05, 3.63) is 30.0 Å². The van der Waals surface area contributed by atoms with Gasteiger partial charge in [0.15, 0.2) is 12.2 Å². The van der Waals surface area contributed by atoms with Gasteiger partial charge in [0.05, 0.1) is 12.6 Å². The van der Waals surface area contributed by atoms with Crippen LogP contribution in [-0.2, 0) is 54.1 Å². The van der Waals surface area contributed by atoms with Gasteiger partial charge in [-0.15, -0.1) is 0 Å². The highest BCUT2D eigenvalue weighted by Gasteiger charge is 2.53. The van der Waals surface area contributed by atoms with E-state index in [2.05, 4.69) is 5.32 Å². The lowest BCUT2D eigenvalue weighted by molar-refractivity contribution is -0.306. The minimum Gasteiger partial charge on any atom is -0.497 e. The molecule has 2 heterocycles. The van der Waals surface area contributed by atoms with Gasteiger partial charge in [-0.25, -0.2) is 0 Å². The fourth-order valence-corrected chi connectivity index (χ4v) is 4.42. The molecule has 1 amide bonds. The number of rotatable bonds is 11. The third kappa shape index (κ3) is 8.33. The van der Waals surface area contributed by atoms with Gasteiger partial charge in [0, 0.05) is 52.7 Å². The third-order valence-corrected chi connectivity index (χ3v) is 5.99. The Balaban J connectivity index is 2.06. The average molecular weight is 579 g/mol. The van der Waals surface area contributed by atoms with Crippen LogP contribution in [0, 0.1) is 0 Å². The molecule has 1 aliphatic rings. The molecule has 0 unspecified atom stereocenters. The summed E-state index contributed by atoms with van der Waals surface area (Å²) in [4.78, 5) is 65.3. The highest BCUT2D eigenvalue weighted by molar-refractivity contribution is 5.85. The number of amides is 1. The Kier molecular flexibility index (Phi) is 10.5. The lowest BCUT2D eigenvalue weighted by Crippen LogP contribution is -2.64. The Labute approximate surface area is 236 Å². The second kappa shape index (κ2) is 13.8. The maximum atomic E-state index is 12.1. The number of ether oxygens (including phenoxy) is 6. The van der Waals surface area contributed by atoms with E-state index in [1.54, 1.807) is 24.4 Å². The molecule has 1 aromatic carbocycles. The van der Waals surface area contributed by atoms with E-state index >= 15 is 0 Å². The van der Waals surface area contributed by atoms with Crippen LogP contribution in [0.15, 0.2) is 24.4 Å². The molecule has 1 saturated heterocycles. The second-order valence-electron chi connectivity index (χ2n) is 9.27. The Morgan fingerprint density at radius 2 is 1.51 bits per heavy atom. The Morgan fingerprint density at radius 1 is 0.878 bits per heavy atom. The molecule has 14 nitrogen and oxygen atoms in total. The van der Waals surface area contributed by atoms with Gasteiger partial charge in [-0.2, -0.15) is 4.73 Å². The topological polar surface area (TPSA) is 167 Å². The van der Waals surface area contributed by atoms with E-state index in [4.69, 9.17) is 33.3 Å². The van der Waals surface area contributed by atoms with Gasteiger partial charge in [-0.1, -0.05) is 0 Å². The minimum atomic E-state index is -1.42. The number of nitrogens with zero attached hydrogens (tertiary/aromatic N) is 1. The summed E-state index contributed by atoms with van der Waals surface area (Å²) in [6.07, 6.45) is -4.55. The summed E-state index contributed by atoms with van der Waals surface area (Å²) in [5.74, 6) is -2.47. The van der Waals surface area contributed by atoms with Crippen molar-refractivity contribution < 1.29 is 57.2 Å². The molecule has 0 saturated carbocycles. The number of nitrogens with one attached hydrogen (secondary N) is 1. The third-order valence-electron chi connectivity index (χ3n) is 5.99. The first-order valence-electron chi connectivity index (χ1n) is 12.8. The number of carbonyl (C=O) groups is 5. The van der Waals surface area contributed by atoms with Crippen LogP contribution in [0.5, 0.6) is 5.75 Å². The molecule has 3 rings (SSSR count). The lowest BCUT2D eigenvalue weighted by atomic mass is 9.98. The number of methoxy groups -OCH3 is 1. The molecule has 1 aromatic heterocycles. The number of fused-ring (bicyclic) bond motifs is 1. The summed E-state index contributed by atoms with van der Waals surface area (Å²) in [5.41, 5.74) is 1.37. The first kappa shape index (κ1) is 31.2. The van der Waals surface area contributed by atoms with Crippen LogP contribution in [0.2, 0.25) is 0 Å². The number of hydrogen-bond acceptors (Lipinski definition) is 12. The number of aromatic nitrogens is 1. The van der Waals surface area contributed by atoms with Crippen molar-refractivity contribution in [3.63, 3.8) is 0 Å². The molecular formula is C27H34N2O12. The van der Waals surface area contributed by atoms with Crippen molar-refractivity contribution in [2.45, 2.75) is 71.7 Å². The average Bonchev–Trinajstić information content (AvgIpc) is 3.21. The van der Waals surface area contributed by atoms with Crippen molar-refractivity contribution in [2.75, 3.05) is 20.3 Å². The monoisotopic (exact) mass is 578 g/mol. The first-order valence-corrected chi connectivity index (χ1v) is 12.8. The van der Waals surface area contributed by atoms with Crippen molar-refractivity contribution in [3.8, 4) is 5.75 Å². The lowest BCUT2D eigenvalue weighted by Gasteiger charge is -2.43. The van der Waals surface area contributed by atoms with Gasteiger partial charge in [0.25, 0.3) is 6.29 Å². The summed E-state index contributed by atoms with van der Waals surface area (Å²) in [6, 6.07) is 5.25. The van der Waals surface area contributed by atoms with Crippen molar-refractivity contribution in [1.82, 2.24) is 10.0 Å². The maximum absolute atomic E-state index is 12.1. The van der Waals surface area contributed by atoms with Gasteiger partial charge < -0.3 is 38.6 Å². The molecule has 41 heavy (non-hydrogen) atoms. The van der Waals surface area contributed by atoms with E-state index in [1.807, 2.05) is 0 Å². The molecule has 0 aliphatic carbocycles. The smallest absolute Gasteiger partial charge is 0.303 e. The number of hydrogen-bond donors (Lipinski definition) is 1. The molecule has 2 aromatic rings. The Morgan fingerprint density at radius 3 is 2.10 bits per heavy atom. The molecule has 14 heteroatoms. The number of carbonyl (C=O) groups excluding carboxylic acids is 5. The van der Waals surface area contributed by atoms with Crippen LogP contribution in [0.1, 0.15) is 40.2 Å². The van der Waals surface area contributed by atoms with E-state index in [0.29, 0.717) is 24.2 Å². The molecule has 5 atom stereocenters.